The second-order valence-electron chi connectivity index (χ2n) is 9.30. The Morgan fingerprint density at radius 2 is 1.43 bits per heavy atom. The van der Waals surface area contributed by atoms with E-state index in [0.717, 1.165) is 17.4 Å². The minimum absolute atomic E-state index is 0.0626. The summed E-state index contributed by atoms with van der Waals surface area (Å²) < 4.78 is 54.5. The summed E-state index contributed by atoms with van der Waals surface area (Å²) in [4.78, 5) is 12.9. The van der Waals surface area contributed by atoms with E-state index in [4.69, 9.17) is 11.6 Å². The van der Waals surface area contributed by atoms with Crippen LogP contribution < -0.4 is 14.3 Å². The highest BCUT2D eigenvalue weighted by Gasteiger charge is 2.19. The van der Waals surface area contributed by atoms with Gasteiger partial charge in [0.25, 0.3) is 15.9 Å². The summed E-state index contributed by atoms with van der Waals surface area (Å²) in [7, 11) is -7.41. The Bertz CT molecular complexity index is 1740. The first-order valence-corrected chi connectivity index (χ1v) is 15.9. The zero-order valence-corrected chi connectivity index (χ0v) is 24.4. The van der Waals surface area contributed by atoms with Gasteiger partial charge in [0.15, 0.2) is 0 Å². The lowest BCUT2D eigenvalue weighted by molar-refractivity contribution is 0.102. The second kappa shape index (κ2) is 11.7. The van der Waals surface area contributed by atoms with Crippen LogP contribution in [-0.4, -0.2) is 29.0 Å². The van der Waals surface area contributed by atoms with E-state index in [1.807, 2.05) is 32.0 Å². The monoisotopic (exact) mass is 597 g/mol. The average Bonchev–Trinajstić information content (AvgIpc) is 2.89. The van der Waals surface area contributed by atoms with Crippen LogP contribution in [0.1, 0.15) is 27.0 Å². The molecule has 11 heteroatoms. The van der Waals surface area contributed by atoms with Gasteiger partial charge in [-0.3, -0.25) is 13.8 Å². The summed E-state index contributed by atoms with van der Waals surface area (Å²) in [5.41, 5.74) is 4.05. The first kappa shape index (κ1) is 29.1. The summed E-state index contributed by atoms with van der Waals surface area (Å²) in [6.45, 7) is 3.72. The highest BCUT2D eigenvalue weighted by molar-refractivity contribution is 7.92. The lowest BCUT2D eigenvalue weighted by Crippen LogP contribution is -2.29. The molecule has 0 heterocycles. The maximum absolute atomic E-state index is 12.9. The number of sulfonamides is 2. The molecule has 0 aromatic heterocycles. The van der Waals surface area contributed by atoms with Crippen LogP contribution in [-0.2, 0) is 26.6 Å². The molecule has 0 spiro atoms. The van der Waals surface area contributed by atoms with Crippen molar-refractivity contribution < 1.29 is 21.6 Å². The van der Waals surface area contributed by atoms with Gasteiger partial charge in [0.2, 0.25) is 10.0 Å². The Kier molecular flexibility index (Phi) is 8.53. The molecule has 0 aliphatic heterocycles. The van der Waals surface area contributed by atoms with Gasteiger partial charge in [0.05, 0.1) is 29.1 Å². The first-order valence-electron chi connectivity index (χ1n) is 12.2. The number of amides is 1. The zero-order valence-electron chi connectivity index (χ0n) is 22.1. The Hall–Kier alpha value is -3.86. The predicted molar refractivity (Wildman–Crippen MR) is 160 cm³/mol. The number of nitrogens with one attached hydrogen (secondary N) is 2. The van der Waals surface area contributed by atoms with Gasteiger partial charge in [-0.05, 0) is 85.1 Å². The molecular weight excluding hydrogens is 570 g/mol. The number of rotatable bonds is 9. The summed E-state index contributed by atoms with van der Waals surface area (Å²) in [5.74, 6) is -0.398. The standard InChI is InChI=1S/C29H28ClN3O5S2/c1-20-6-4-7-21(2)28(20)32-40(37,38)27-16-14-25(15-17-27)31-29(34)23-12-10-22(11-13-23)19-33(39(3,35)36)26-9-5-8-24(30)18-26/h4-18,32H,19H2,1-3H3,(H,31,34). The number of halogens is 1. The number of hydrogen-bond donors (Lipinski definition) is 2. The molecule has 4 aromatic carbocycles. The van der Waals surface area contributed by atoms with Crippen molar-refractivity contribution >= 4 is 54.6 Å². The summed E-state index contributed by atoms with van der Waals surface area (Å²) in [6.07, 6.45) is 1.12. The van der Waals surface area contributed by atoms with Gasteiger partial charge in [-0.15, -0.1) is 0 Å². The van der Waals surface area contributed by atoms with Crippen LogP contribution in [0.25, 0.3) is 0 Å². The summed E-state index contributed by atoms with van der Waals surface area (Å²) >= 11 is 6.04. The molecule has 4 rings (SSSR count). The number of nitrogens with zero attached hydrogens (tertiary/aromatic N) is 1. The second-order valence-corrected chi connectivity index (χ2v) is 13.3. The lowest BCUT2D eigenvalue weighted by Gasteiger charge is -2.22. The smallest absolute Gasteiger partial charge is 0.261 e. The van der Waals surface area contributed by atoms with E-state index in [9.17, 15) is 21.6 Å². The largest absolute Gasteiger partial charge is 0.322 e. The van der Waals surface area contributed by atoms with Crippen molar-refractivity contribution in [1.82, 2.24) is 0 Å². The molecule has 0 aliphatic carbocycles. The Morgan fingerprint density at radius 3 is 2.00 bits per heavy atom. The van der Waals surface area contributed by atoms with Gasteiger partial charge in [-0.25, -0.2) is 16.8 Å². The van der Waals surface area contributed by atoms with Crippen LogP contribution in [0, 0.1) is 13.8 Å². The van der Waals surface area contributed by atoms with Crippen LogP contribution in [0.2, 0.25) is 5.02 Å². The van der Waals surface area contributed by atoms with E-state index in [1.165, 1.54) is 28.6 Å². The molecule has 1 amide bonds. The minimum Gasteiger partial charge on any atom is -0.322 e. The fourth-order valence-corrected chi connectivity index (χ4v) is 6.32. The highest BCUT2D eigenvalue weighted by atomic mass is 35.5. The fraction of sp³-hybridized carbons (Fsp3) is 0.138. The van der Waals surface area contributed by atoms with Crippen molar-refractivity contribution in [1.29, 1.82) is 0 Å². The fourth-order valence-electron chi connectivity index (χ4n) is 4.05. The van der Waals surface area contributed by atoms with E-state index in [2.05, 4.69) is 10.0 Å². The Balaban J connectivity index is 1.44. The quantitative estimate of drug-likeness (QED) is 0.247. The predicted octanol–water partition coefficient (Wildman–Crippen LogP) is 5.98. The molecule has 40 heavy (non-hydrogen) atoms. The number of aryl methyl sites for hydroxylation is 2. The highest BCUT2D eigenvalue weighted by Crippen LogP contribution is 2.26. The molecule has 0 atom stereocenters. The molecule has 4 aromatic rings. The number of carbonyl (C=O) groups is 1. The molecule has 0 aliphatic rings. The van der Waals surface area contributed by atoms with Crippen molar-refractivity contribution in [2.24, 2.45) is 0 Å². The maximum atomic E-state index is 12.9. The number of anilines is 3. The van der Waals surface area contributed by atoms with E-state index >= 15 is 0 Å². The molecule has 8 nitrogen and oxygen atoms in total. The first-order chi connectivity index (χ1) is 18.8. The molecular formula is C29H28ClN3O5S2. The van der Waals surface area contributed by atoms with Gasteiger partial charge in [0, 0.05) is 16.3 Å². The van der Waals surface area contributed by atoms with Crippen molar-refractivity contribution in [3.05, 3.63) is 118 Å². The topological polar surface area (TPSA) is 113 Å². The van der Waals surface area contributed by atoms with Crippen LogP contribution >= 0.6 is 11.6 Å². The van der Waals surface area contributed by atoms with Crippen LogP contribution in [0.5, 0.6) is 0 Å². The van der Waals surface area contributed by atoms with Crippen LogP contribution in [0.15, 0.2) is 95.9 Å². The van der Waals surface area contributed by atoms with Crippen molar-refractivity contribution in [3.63, 3.8) is 0 Å². The number of benzene rings is 4. The van der Waals surface area contributed by atoms with Gasteiger partial charge >= 0.3 is 0 Å². The van der Waals surface area contributed by atoms with E-state index in [1.54, 1.807) is 48.5 Å². The van der Waals surface area contributed by atoms with E-state index < -0.39 is 26.0 Å². The third-order valence-electron chi connectivity index (χ3n) is 6.18. The summed E-state index contributed by atoms with van der Waals surface area (Å²) in [6, 6.07) is 24.5. The van der Waals surface area contributed by atoms with Gasteiger partial charge in [-0.1, -0.05) is 48.0 Å². The SMILES string of the molecule is Cc1cccc(C)c1NS(=O)(=O)c1ccc(NC(=O)c2ccc(CN(c3cccc(Cl)c3)S(C)(=O)=O)cc2)cc1. The molecule has 0 saturated heterocycles. The minimum atomic E-state index is -3.82. The molecule has 0 bridgehead atoms. The van der Waals surface area contributed by atoms with Crippen LogP contribution in [0.3, 0.4) is 0 Å². The molecule has 208 valence electrons. The van der Waals surface area contributed by atoms with Gasteiger partial charge in [0.1, 0.15) is 0 Å². The molecule has 0 saturated carbocycles. The molecule has 0 fully saturated rings. The maximum Gasteiger partial charge on any atom is 0.261 e. The van der Waals surface area contributed by atoms with Crippen LogP contribution in [0.4, 0.5) is 17.1 Å². The third kappa shape index (κ3) is 7.01. The zero-order chi connectivity index (χ0) is 29.1. The normalized spacial score (nSPS) is 11.6. The number of para-hydroxylation sites is 1. The Labute approximate surface area is 239 Å². The van der Waals surface area contributed by atoms with E-state index in [-0.39, 0.29) is 11.4 Å². The van der Waals surface area contributed by atoms with E-state index in [0.29, 0.717) is 33.2 Å². The molecule has 0 radical (unpaired) electrons. The average molecular weight is 598 g/mol. The van der Waals surface area contributed by atoms with Crippen molar-refractivity contribution in [2.45, 2.75) is 25.3 Å². The van der Waals surface area contributed by atoms with Crippen molar-refractivity contribution in [2.75, 3.05) is 20.6 Å². The lowest BCUT2D eigenvalue weighted by atomic mass is 10.1. The Morgan fingerprint density at radius 1 is 0.825 bits per heavy atom. The number of hydrogen-bond acceptors (Lipinski definition) is 5. The molecule has 2 N–H and O–H groups in total. The summed E-state index contributed by atoms with van der Waals surface area (Å²) in [5, 5.41) is 3.16. The number of carbonyl (C=O) groups excluding carboxylic acids is 1. The van der Waals surface area contributed by atoms with Crippen molar-refractivity contribution in [3.8, 4) is 0 Å². The third-order valence-corrected chi connectivity index (χ3v) is 8.92. The van der Waals surface area contributed by atoms with Gasteiger partial charge in [-0.2, -0.15) is 0 Å². The van der Waals surface area contributed by atoms with Gasteiger partial charge < -0.3 is 5.32 Å². The molecule has 0 unspecified atom stereocenters.